The van der Waals surface area contributed by atoms with Crippen LogP contribution in [0.2, 0.25) is 0 Å². The molecule has 0 spiro atoms. The van der Waals surface area contributed by atoms with E-state index in [0.717, 1.165) is 0 Å². The molecule has 2 aromatic rings. The van der Waals surface area contributed by atoms with Crippen molar-refractivity contribution in [2.45, 2.75) is 6.42 Å². The lowest BCUT2D eigenvalue weighted by atomic mass is 10.0. The number of methoxy groups -OCH3 is 1. The average molecular weight is 259 g/mol. The van der Waals surface area contributed by atoms with E-state index in [1.807, 2.05) is 6.07 Å². The summed E-state index contributed by atoms with van der Waals surface area (Å²) in [5.41, 5.74) is 0.979. The van der Waals surface area contributed by atoms with E-state index >= 15 is 0 Å². The first-order valence-corrected chi connectivity index (χ1v) is 5.65. The maximum atomic E-state index is 14.0. The molecule has 0 saturated heterocycles. The molecule has 0 N–H and O–H groups in total. The molecule has 2 aromatic carbocycles. The van der Waals surface area contributed by atoms with Gasteiger partial charge in [0, 0.05) is 11.1 Å². The first kappa shape index (κ1) is 13.0. The lowest BCUT2D eigenvalue weighted by Crippen LogP contribution is -1.93. The minimum Gasteiger partial charge on any atom is -0.494 e. The number of hydrogen-bond acceptors (Lipinski definition) is 2. The van der Waals surface area contributed by atoms with Crippen LogP contribution in [0, 0.1) is 23.0 Å². The van der Waals surface area contributed by atoms with Crippen molar-refractivity contribution in [3.05, 3.63) is 53.6 Å². The maximum Gasteiger partial charge on any atom is 0.172 e. The second kappa shape index (κ2) is 5.49. The number of ether oxygens (including phenoxy) is 1. The van der Waals surface area contributed by atoms with Crippen LogP contribution in [0.25, 0.3) is 11.1 Å². The summed E-state index contributed by atoms with van der Waals surface area (Å²) in [6.07, 6.45) is -0.00724. The van der Waals surface area contributed by atoms with Crippen LogP contribution in [0.1, 0.15) is 5.56 Å². The highest BCUT2D eigenvalue weighted by molar-refractivity contribution is 5.66. The van der Waals surface area contributed by atoms with Crippen molar-refractivity contribution in [2.24, 2.45) is 0 Å². The third kappa shape index (κ3) is 2.55. The fraction of sp³-hybridized carbons (Fsp3) is 0.133. The van der Waals surface area contributed by atoms with E-state index in [1.54, 1.807) is 18.2 Å². The summed E-state index contributed by atoms with van der Waals surface area (Å²) in [4.78, 5) is 0. The van der Waals surface area contributed by atoms with Crippen molar-refractivity contribution in [3.63, 3.8) is 0 Å². The molecule has 2 nitrogen and oxygen atoms in total. The summed E-state index contributed by atoms with van der Waals surface area (Å²) in [6, 6.07) is 10.9. The molecule has 0 bridgehead atoms. The SMILES string of the molecule is COc1cccc(-c2ccc(CC#N)c(F)c2)c1F. The van der Waals surface area contributed by atoms with Gasteiger partial charge in [0.05, 0.1) is 19.6 Å². The molecule has 0 aromatic heterocycles. The molecule has 2 rings (SSSR count). The van der Waals surface area contributed by atoms with E-state index in [9.17, 15) is 8.78 Å². The Bertz CT molecular complexity index is 647. The maximum absolute atomic E-state index is 14.0. The van der Waals surface area contributed by atoms with Crippen molar-refractivity contribution in [2.75, 3.05) is 7.11 Å². The molecule has 0 amide bonds. The van der Waals surface area contributed by atoms with E-state index in [4.69, 9.17) is 10.00 Å². The van der Waals surface area contributed by atoms with Gasteiger partial charge in [-0.3, -0.25) is 0 Å². The summed E-state index contributed by atoms with van der Waals surface area (Å²) < 4.78 is 32.7. The number of nitriles is 1. The molecule has 0 heterocycles. The Hall–Kier alpha value is -2.41. The van der Waals surface area contributed by atoms with Crippen LogP contribution in [0.15, 0.2) is 36.4 Å². The Morgan fingerprint density at radius 1 is 1.21 bits per heavy atom. The third-order valence-corrected chi connectivity index (χ3v) is 2.82. The van der Waals surface area contributed by atoms with Crippen LogP contribution in [0.3, 0.4) is 0 Å². The van der Waals surface area contributed by atoms with Gasteiger partial charge in [-0.25, -0.2) is 8.78 Å². The van der Waals surface area contributed by atoms with E-state index in [-0.39, 0.29) is 17.7 Å². The van der Waals surface area contributed by atoms with Gasteiger partial charge in [-0.05, 0) is 17.7 Å². The summed E-state index contributed by atoms with van der Waals surface area (Å²) in [5, 5.41) is 8.55. The number of benzene rings is 2. The monoisotopic (exact) mass is 259 g/mol. The quantitative estimate of drug-likeness (QED) is 0.841. The fourth-order valence-corrected chi connectivity index (χ4v) is 1.83. The van der Waals surface area contributed by atoms with Crippen LogP contribution in [-0.2, 0) is 6.42 Å². The van der Waals surface area contributed by atoms with Gasteiger partial charge in [-0.2, -0.15) is 5.26 Å². The summed E-state index contributed by atoms with van der Waals surface area (Å²) in [7, 11) is 1.37. The molecule has 96 valence electrons. The standard InChI is InChI=1S/C15H11F2NO/c1-19-14-4-2-3-12(15(14)17)11-6-5-10(7-8-18)13(16)9-11/h2-6,9H,7H2,1H3. The Balaban J connectivity index is 2.49. The highest BCUT2D eigenvalue weighted by atomic mass is 19.1. The largest absolute Gasteiger partial charge is 0.494 e. The second-order valence-corrected chi connectivity index (χ2v) is 3.96. The van der Waals surface area contributed by atoms with Crippen molar-refractivity contribution in [1.82, 2.24) is 0 Å². The van der Waals surface area contributed by atoms with Gasteiger partial charge >= 0.3 is 0 Å². The molecular formula is C15H11F2NO. The molecule has 0 aliphatic rings. The molecule has 0 unspecified atom stereocenters. The number of rotatable bonds is 3. The fourth-order valence-electron chi connectivity index (χ4n) is 1.83. The molecule has 0 aliphatic carbocycles. The Morgan fingerprint density at radius 2 is 2.00 bits per heavy atom. The van der Waals surface area contributed by atoms with Crippen LogP contribution in [-0.4, -0.2) is 7.11 Å². The predicted octanol–water partition coefficient (Wildman–Crippen LogP) is 3.71. The highest BCUT2D eigenvalue weighted by Crippen LogP contribution is 2.29. The van der Waals surface area contributed by atoms with Crippen molar-refractivity contribution < 1.29 is 13.5 Å². The molecule has 4 heteroatoms. The van der Waals surface area contributed by atoms with Crippen LogP contribution in [0.4, 0.5) is 8.78 Å². The molecular weight excluding hydrogens is 248 g/mol. The normalized spacial score (nSPS) is 10.0. The van der Waals surface area contributed by atoms with Gasteiger partial charge in [0.25, 0.3) is 0 Å². The number of halogens is 2. The lowest BCUT2D eigenvalue weighted by molar-refractivity contribution is 0.387. The number of hydrogen-bond donors (Lipinski definition) is 0. The first-order chi connectivity index (χ1) is 9.17. The number of nitrogens with zero attached hydrogens (tertiary/aromatic N) is 1. The smallest absolute Gasteiger partial charge is 0.172 e. The van der Waals surface area contributed by atoms with Crippen LogP contribution in [0.5, 0.6) is 5.75 Å². The van der Waals surface area contributed by atoms with Crippen LogP contribution >= 0.6 is 0 Å². The minimum atomic E-state index is -0.530. The lowest BCUT2D eigenvalue weighted by Gasteiger charge is -2.08. The molecule has 0 aliphatic heterocycles. The van der Waals surface area contributed by atoms with Crippen molar-refractivity contribution in [3.8, 4) is 22.9 Å². The van der Waals surface area contributed by atoms with Gasteiger partial charge in [0.2, 0.25) is 0 Å². The molecule has 0 radical (unpaired) electrons. The summed E-state index contributed by atoms with van der Waals surface area (Å²) in [5.74, 6) is -0.933. The van der Waals surface area contributed by atoms with Gasteiger partial charge in [0.15, 0.2) is 11.6 Å². The molecule has 0 atom stereocenters. The van der Waals surface area contributed by atoms with Gasteiger partial charge in [0.1, 0.15) is 5.82 Å². The second-order valence-electron chi connectivity index (χ2n) is 3.96. The first-order valence-electron chi connectivity index (χ1n) is 5.65. The zero-order valence-electron chi connectivity index (χ0n) is 10.3. The van der Waals surface area contributed by atoms with E-state index < -0.39 is 11.6 Å². The summed E-state index contributed by atoms with van der Waals surface area (Å²) >= 11 is 0. The molecule has 19 heavy (non-hydrogen) atoms. The molecule has 0 saturated carbocycles. The minimum absolute atomic E-state index is 0.00724. The predicted molar refractivity (Wildman–Crippen MR) is 67.7 cm³/mol. The zero-order chi connectivity index (χ0) is 13.8. The van der Waals surface area contributed by atoms with Crippen molar-refractivity contribution >= 4 is 0 Å². The van der Waals surface area contributed by atoms with Crippen molar-refractivity contribution in [1.29, 1.82) is 5.26 Å². The van der Waals surface area contributed by atoms with E-state index in [1.165, 1.54) is 25.3 Å². The van der Waals surface area contributed by atoms with E-state index in [2.05, 4.69) is 0 Å². The highest BCUT2D eigenvalue weighted by Gasteiger charge is 2.12. The Labute approximate surface area is 109 Å². The average Bonchev–Trinajstić information content (AvgIpc) is 2.42. The van der Waals surface area contributed by atoms with Crippen LogP contribution < -0.4 is 4.74 Å². The third-order valence-electron chi connectivity index (χ3n) is 2.82. The van der Waals surface area contributed by atoms with Gasteiger partial charge < -0.3 is 4.74 Å². The zero-order valence-corrected chi connectivity index (χ0v) is 10.3. The Kier molecular flexibility index (Phi) is 3.76. The van der Waals surface area contributed by atoms with Gasteiger partial charge in [-0.1, -0.05) is 24.3 Å². The van der Waals surface area contributed by atoms with Gasteiger partial charge in [-0.15, -0.1) is 0 Å². The Morgan fingerprint density at radius 3 is 2.63 bits per heavy atom. The summed E-state index contributed by atoms with van der Waals surface area (Å²) in [6.45, 7) is 0. The topological polar surface area (TPSA) is 33.0 Å². The van der Waals surface area contributed by atoms with E-state index in [0.29, 0.717) is 11.1 Å². The molecule has 0 fully saturated rings.